The Labute approximate surface area is 118 Å². The van der Waals surface area contributed by atoms with Gasteiger partial charge in [0.1, 0.15) is 0 Å². The lowest BCUT2D eigenvalue weighted by Gasteiger charge is -2.23. The van der Waals surface area contributed by atoms with Crippen LogP contribution in [0.2, 0.25) is 0 Å². The van der Waals surface area contributed by atoms with Crippen LogP contribution >= 0.6 is 15.9 Å². The van der Waals surface area contributed by atoms with Gasteiger partial charge in [0.25, 0.3) is 0 Å². The highest BCUT2D eigenvalue weighted by atomic mass is 79.9. The highest BCUT2D eigenvalue weighted by Gasteiger charge is 2.30. The molecule has 0 N–H and O–H groups in total. The molecule has 1 aromatic carbocycles. The van der Waals surface area contributed by atoms with Gasteiger partial charge in [0.2, 0.25) is 0 Å². The first-order valence-corrected chi connectivity index (χ1v) is 7.45. The molecule has 0 saturated heterocycles. The molecule has 0 aliphatic heterocycles. The minimum atomic E-state index is 0.412. The third kappa shape index (κ3) is 2.66. The van der Waals surface area contributed by atoms with E-state index in [0.717, 1.165) is 23.3 Å². The van der Waals surface area contributed by atoms with Crippen molar-refractivity contribution < 1.29 is 9.47 Å². The molecule has 3 atom stereocenters. The van der Waals surface area contributed by atoms with Gasteiger partial charge in [0, 0.05) is 4.83 Å². The summed E-state index contributed by atoms with van der Waals surface area (Å²) >= 11 is 3.87. The van der Waals surface area contributed by atoms with Gasteiger partial charge in [-0.15, -0.1) is 0 Å². The van der Waals surface area contributed by atoms with E-state index < -0.39 is 0 Å². The Hall–Kier alpha value is -0.700. The molecule has 0 aromatic heterocycles. The van der Waals surface area contributed by atoms with Gasteiger partial charge < -0.3 is 9.47 Å². The summed E-state index contributed by atoms with van der Waals surface area (Å²) in [6.07, 6.45) is 4.01. The van der Waals surface area contributed by atoms with Crippen molar-refractivity contribution in [1.82, 2.24) is 0 Å². The Morgan fingerprint density at radius 1 is 1.17 bits per heavy atom. The monoisotopic (exact) mass is 312 g/mol. The van der Waals surface area contributed by atoms with Crippen LogP contribution in [0, 0.1) is 11.8 Å². The van der Waals surface area contributed by atoms with E-state index in [2.05, 4.69) is 35.0 Å². The van der Waals surface area contributed by atoms with Gasteiger partial charge in [-0.25, -0.2) is 0 Å². The van der Waals surface area contributed by atoms with Gasteiger partial charge in [-0.05, 0) is 36.0 Å². The molecule has 100 valence electrons. The van der Waals surface area contributed by atoms with Crippen LogP contribution in [0.25, 0.3) is 0 Å². The summed E-state index contributed by atoms with van der Waals surface area (Å²) in [5.74, 6) is 3.12. The normalized spacial score (nSPS) is 24.9. The highest BCUT2D eigenvalue weighted by Crippen LogP contribution is 2.45. The van der Waals surface area contributed by atoms with Gasteiger partial charge in [-0.1, -0.05) is 41.8 Å². The van der Waals surface area contributed by atoms with E-state index in [1.807, 2.05) is 6.07 Å². The Morgan fingerprint density at radius 2 is 1.89 bits per heavy atom. The SMILES string of the molecule is COc1ccc(C(Br)C2CCCC2C)cc1OC. The van der Waals surface area contributed by atoms with E-state index in [-0.39, 0.29) is 0 Å². The lowest BCUT2D eigenvalue weighted by Crippen LogP contribution is -2.10. The molecule has 1 aliphatic rings. The number of halogens is 1. The van der Waals surface area contributed by atoms with E-state index >= 15 is 0 Å². The van der Waals surface area contributed by atoms with E-state index in [1.165, 1.54) is 24.8 Å². The first-order chi connectivity index (χ1) is 8.67. The van der Waals surface area contributed by atoms with Crippen LogP contribution in [0.15, 0.2) is 18.2 Å². The third-order valence-corrected chi connectivity index (χ3v) is 5.24. The van der Waals surface area contributed by atoms with Crippen molar-refractivity contribution in [2.75, 3.05) is 14.2 Å². The van der Waals surface area contributed by atoms with Gasteiger partial charge in [-0.2, -0.15) is 0 Å². The molecule has 1 aliphatic carbocycles. The fraction of sp³-hybridized carbons (Fsp3) is 0.600. The van der Waals surface area contributed by atoms with Crippen molar-refractivity contribution in [2.24, 2.45) is 11.8 Å². The predicted molar refractivity (Wildman–Crippen MR) is 77.7 cm³/mol. The van der Waals surface area contributed by atoms with Crippen molar-refractivity contribution in [3.63, 3.8) is 0 Å². The number of methoxy groups -OCH3 is 2. The zero-order chi connectivity index (χ0) is 13.1. The quantitative estimate of drug-likeness (QED) is 0.758. The van der Waals surface area contributed by atoms with Crippen LogP contribution in [0.1, 0.15) is 36.6 Å². The summed E-state index contributed by atoms with van der Waals surface area (Å²) in [6.45, 7) is 2.35. The van der Waals surface area contributed by atoms with Crippen LogP contribution in [-0.2, 0) is 0 Å². The standard InChI is InChI=1S/C15H21BrO2/c1-10-5-4-6-12(10)15(16)11-7-8-13(17-2)14(9-11)18-3/h7-10,12,15H,4-6H2,1-3H3. The third-order valence-electron chi connectivity index (χ3n) is 4.03. The van der Waals surface area contributed by atoms with E-state index in [0.29, 0.717) is 4.83 Å². The van der Waals surface area contributed by atoms with E-state index in [1.54, 1.807) is 14.2 Å². The van der Waals surface area contributed by atoms with Crippen LogP contribution < -0.4 is 9.47 Å². The zero-order valence-corrected chi connectivity index (χ0v) is 12.9. The Kier molecular flexibility index (Phi) is 4.55. The van der Waals surface area contributed by atoms with Crippen LogP contribution in [0.5, 0.6) is 11.5 Å². The van der Waals surface area contributed by atoms with Crippen molar-refractivity contribution in [2.45, 2.75) is 31.0 Å². The maximum absolute atomic E-state index is 5.37. The van der Waals surface area contributed by atoms with Crippen molar-refractivity contribution in [3.05, 3.63) is 23.8 Å². The minimum Gasteiger partial charge on any atom is -0.493 e. The maximum Gasteiger partial charge on any atom is 0.161 e. The van der Waals surface area contributed by atoms with E-state index in [4.69, 9.17) is 9.47 Å². The average Bonchev–Trinajstić information content (AvgIpc) is 2.83. The molecule has 3 unspecified atom stereocenters. The molecule has 1 fully saturated rings. The molecule has 2 nitrogen and oxygen atoms in total. The zero-order valence-electron chi connectivity index (χ0n) is 11.3. The first kappa shape index (κ1) is 13.7. The number of hydrogen-bond acceptors (Lipinski definition) is 2. The van der Waals surface area contributed by atoms with E-state index in [9.17, 15) is 0 Å². The fourth-order valence-corrected chi connectivity index (χ4v) is 3.95. The molecule has 1 saturated carbocycles. The molecule has 0 amide bonds. The van der Waals surface area contributed by atoms with Crippen molar-refractivity contribution in [3.8, 4) is 11.5 Å². The van der Waals surface area contributed by atoms with Crippen LogP contribution in [0.3, 0.4) is 0 Å². The number of benzene rings is 1. The maximum atomic E-state index is 5.37. The first-order valence-electron chi connectivity index (χ1n) is 6.53. The van der Waals surface area contributed by atoms with Gasteiger partial charge in [-0.3, -0.25) is 0 Å². The molecular weight excluding hydrogens is 292 g/mol. The van der Waals surface area contributed by atoms with Gasteiger partial charge >= 0.3 is 0 Å². The predicted octanol–water partition coefficient (Wildman–Crippen LogP) is 4.58. The summed E-state index contributed by atoms with van der Waals surface area (Å²) in [5.41, 5.74) is 1.28. The largest absolute Gasteiger partial charge is 0.493 e. The summed E-state index contributed by atoms with van der Waals surface area (Å²) in [6, 6.07) is 6.21. The van der Waals surface area contributed by atoms with Gasteiger partial charge in [0.05, 0.1) is 14.2 Å². The summed E-state index contributed by atoms with van der Waals surface area (Å²) < 4.78 is 10.6. The van der Waals surface area contributed by atoms with Crippen molar-refractivity contribution in [1.29, 1.82) is 0 Å². The molecule has 1 aromatic rings. The minimum absolute atomic E-state index is 0.412. The number of ether oxygens (including phenoxy) is 2. The Morgan fingerprint density at radius 3 is 2.44 bits per heavy atom. The summed E-state index contributed by atoms with van der Waals surface area (Å²) in [5, 5.41) is 0. The van der Waals surface area contributed by atoms with Gasteiger partial charge in [0.15, 0.2) is 11.5 Å². The smallest absolute Gasteiger partial charge is 0.161 e. The number of rotatable bonds is 4. The lowest BCUT2D eigenvalue weighted by molar-refractivity contribution is 0.353. The van der Waals surface area contributed by atoms with Crippen LogP contribution in [0.4, 0.5) is 0 Å². The second kappa shape index (κ2) is 5.96. The topological polar surface area (TPSA) is 18.5 Å². The molecule has 0 radical (unpaired) electrons. The highest BCUT2D eigenvalue weighted by molar-refractivity contribution is 9.09. The molecule has 0 spiro atoms. The average molecular weight is 313 g/mol. The summed E-state index contributed by atoms with van der Waals surface area (Å²) in [4.78, 5) is 0.412. The molecule has 18 heavy (non-hydrogen) atoms. The van der Waals surface area contributed by atoms with Crippen molar-refractivity contribution >= 4 is 15.9 Å². The molecule has 3 heteroatoms. The molecule has 0 heterocycles. The van der Waals surface area contributed by atoms with Crippen LogP contribution in [-0.4, -0.2) is 14.2 Å². The molecular formula is C15H21BrO2. The Bertz CT molecular complexity index is 405. The molecule has 2 rings (SSSR count). The summed E-state index contributed by atoms with van der Waals surface area (Å²) in [7, 11) is 3.35. The lowest BCUT2D eigenvalue weighted by atomic mass is 9.91. The molecule has 0 bridgehead atoms. The second-order valence-corrected chi connectivity index (χ2v) is 6.07. The fourth-order valence-electron chi connectivity index (χ4n) is 2.88. The Balaban J connectivity index is 2.22. The number of alkyl halides is 1. The number of hydrogen-bond donors (Lipinski definition) is 0. The second-order valence-electron chi connectivity index (χ2n) is 5.09.